The number of alkyl halides is 2. The van der Waals surface area contributed by atoms with E-state index in [2.05, 4.69) is 0 Å². The Morgan fingerprint density at radius 3 is 2.10 bits per heavy atom. The van der Waals surface area contributed by atoms with E-state index in [1.807, 2.05) is 0 Å². The van der Waals surface area contributed by atoms with E-state index in [1.54, 1.807) is 13.8 Å². The zero-order valence-electron chi connectivity index (χ0n) is 6.14. The van der Waals surface area contributed by atoms with Crippen LogP contribution in [0.25, 0.3) is 0 Å². The molecule has 3 heteroatoms. The number of aliphatic hydroxyl groups excluding tert-OH is 1. The molecule has 1 nitrogen and oxygen atoms in total. The van der Waals surface area contributed by atoms with E-state index in [0.717, 1.165) is 0 Å². The molecule has 0 radical (unpaired) electrons. The van der Waals surface area contributed by atoms with Crippen molar-refractivity contribution in [3.05, 3.63) is 0 Å². The molecule has 0 amide bonds. The molecule has 0 aromatic carbocycles. The molecule has 0 bridgehead atoms. The van der Waals surface area contributed by atoms with Gasteiger partial charge in [-0.2, -0.15) is 0 Å². The van der Waals surface area contributed by atoms with E-state index in [4.69, 9.17) is 5.11 Å². The Hall–Kier alpha value is -0.180. The van der Waals surface area contributed by atoms with E-state index >= 15 is 0 Å². The minimum atomic E-state index is -2.62. The highest BCUT2D eigenvalue weighted by molar-refractivity contribution is 4.97. The molecular weight excluding hydrogens is 138 g/mol. The van der Waals surface area contributed by atoms with Gasteiger partial charge in [0.15, 0.2) is 0 Å². The van der Waals surface area contributed by atoms with Gasteiger partial charge in [0.2, 0.25) is 0 Å². The smallest absolute Gasteiger partial charge is 0.256 e. The Bertz CT molecular complexity index is 129. The maximum atomic E-state index is 12.5. The zero-order valence-corrected chi connectivity index (χ0v) is 6.14. The molecule has 2 unspecified atom stereocenters. The van der Waals surface area contributed by atoms with Crippen LogP contribution in [0.5, 0.6) is 0 Å². The SMILES string of the molecule is CC(C)C1C(O)CC1(F)F. The predicted molar refractivity (Wildman–Crippen MR) is 33.9 cm³/mol. The second kappa shape index (κ2) is 2.16. The van der Waals surface area contributed by atoms with Crippen LogP contribution in [0.2, 0.25) is 0 Å². The molecule has 2 atom stereocenters. The normalized spacial score (nSPS) is 37.8. The van der Waals surface area contributed by atoms with Gasteiger partial charge in [0, 0.05) is 6.42 Å². The minimum Gasteiger partial charge on any atom is -0.392 e. The summed E-state index contributed by atoms with van der Waals surface area (Å²) < 4.78 is 25.1. The van der Waals surface area contributed by atoms with E-state index in [0.29, 0.717) is 0 Å². The van der Waals surface area contributed by atoms with Crippen molar-refractivity contribution in [2.75, 3.05) is 0 Å². The first-order valence-electron chi connectivity index (χ1n) is 3.51. The zero-order chi connectivity index (χ0) is 7.94. The monoisotopic (exact) mass is 150 g/mol. The standard InChI is InChI=1S/C7H12F2O/c1-4(2)6-5(10)3-7(6,8)9/h4-6,10H,3H2,1-2H3. The largest absolute Gasteiger partial charge is 0.392 e. The Morgan fingerprint density at radius 1 is 1.50 bits per heavy atom. The molecule has 0 aromatic rings. The fourth-order valence-corrected chi connectivity index (χ4v) is 1.59. The summed E-state index contributed by atoms with van der Waals surface area (Å²) in [7, 11) is 0. The summed E-state index contributed by atoms with van der Waals surface area (Å²) in [5.41, 5.74) is 0. The van der Waals surface area contributed by atoms with Crippen LogP contribution in [-0.2, 0) is 0 Å². The first-order valence-corrected chi connectivity index (χ1v) is 3.51. The van der Waals surface area contributed by atoms with Crippen molar-refractivity contribution in [1.29, 1.82) is 0 Å². The molecule has 1 aliphatic rings. The Labute approximate surface area is 59.0 Å². The molecule has 0 spiro atoms. The Kier molecular flexibility index (Phi) is 1.71. The van der Waals surface area contributed by atoms with Crippen molar-refractivity contribution >= 4 is 0 Å². The van der Waals surface area contributed by atoms with Crippen molar-refractivity contribution < 1.29 is 13.9 Å². The van der Waals surface area contributed by atoms with E-state index in [9.17, 15) is 8.78 Å². The molecule has 1 aliphatic carbocycles. The van der Waals surface area contributed by atoms with Gasteiger partial charge < -0.3 is 5.11 Å². The number of hydrogen-bond acceptors (Lipinski definition) is 1. The maximum absolute atomic E-state index is 12.5. The second-order valence-corrected chi connectivity index (χ2v) is 3.30. The minimum absolute atomic E-state index is 0.126. The van der Waals surface area contributed by atoms with Gasteiger partial charge >= 0.3 is 0 Å². The van der Waals surface area contributed by atoms with Crippen LogP contribution in [0.15, 0.2) is 0 Å². The van der Waals surface area contributed by atoms with Gasteiger partial charge in [-0.3, -0.25) is 0 Å². The van der Waals surface area contributed by atoms with Crippen LogP contribution < -0.4 is 0 Å². The molecule has 10 heavy (non-hydrogen) atoms. The van der Waals surface area contributed by atoms with Crippen LogP contribution >= 0.6 is 0 Å². The van der Waals surface area contributed by atoms with Gasteiger partial charge in [-0.25, -0.2) is 8.78 Å². The lowest BCUT2D eigenvalue weighted by Crippen LogP contribution is -2.53. The van der Waals surface area contributed by atoms with Crippen LogP contribution in [0.1, 0.15) is 20.3 Å². The van der Waals surface area contributed by atoms with Crippen LogP contribution in [0.4, 0.5) is 8.78 Å². The first-order chi connectivity index (χ1) is 4.45. The third-order valence-corrected chi connectivity index (χ3v) is 2.10. The van der Waals surface area contributed by atoms with Crippen LogP contribution in [0.3, 0.4) is 0 Å². The van der Waals surface area contributed by atoms with Gasteiger partial charge in [-0.15, -0.1) is 0 Å². The lowest BCUT2D eigenvalue weighted by Gasteiger charge is -2.43. The molecule has 1 N–H and O–H groups in total. The van der Waals surface area contributed by atoms with Crippen molar-refractivity contribution in [3.63, 3.8) is 0 Å². The molecule has 0 aliphatic heterocycles. The molecular formula is C7H12F2O. The quantitative estimate of drug-likeness (QED) is 0.602. The summed E-state index contributed by atoms with van der Waals surface area (Å²) >= 11 is 0. The predicted octanol–water partition coefficient (Wildman–Crippen LogP) is 1.66. The highest BCUT2D eigenvalue weighted by Crippen LogP contribution is 2.47. The fraction of sp³-hybridized carbons (Fsp3) is 1.00. The third kappa shape index (κ3) is 1.03. The van der Waals surface area contributed by atoms with Crippen molar-refractivity contribution in [3.8, 4) is 0 Å². The van der Waals surface area contributed by atoms with Gasteiger partial charge in [0.1, 0.15) is 0 Å². The molecule has 1 saturated carbocycles. The highest BCUT2D eigenvalue weighted by Gasteiger charge is 2.56. The van der Waals surface area contributed by atoms with Crippen LogP contribution in [-0.4, -0.2) is 17.1 Å². The Balaban J connectivity index is 2.57. The summed E-state index contributed by atoms with van der Waals surface area (Å²) in [6.45, 7) is 3.42. The topological polar surface area (TPSA) is 20.2 Å². The van der Waals surface area contributed by atoms with Crippen molar-refractivity contribution in [1.82, 2.24) is 0 Å². The van der Waals surface area contributed by atoms with Crippen molar-refractivity contribution in [2.45, 2.75) is 32.3 Å². The lowest BCUT2D eigenvalue weighted by molar-refractivity contribution is -0.217. The summed E-state index contributed by atoms with van der Waals surface area (Å²) in [5.74, 6) is -3.56. The summed E-state index contributed by atoms with van der Waals surface area (Å²) in [5, 5.41) is 8.93. The lowest BCUT2D eigenvalue weighted by atomic mass is 9.71. The molecule has 1 rings (SSSR count). The summed E-state index contributed by atoms with van der Waals surface area (Å²) in [6.07, 6.45) is -1.13. The van der Waals surface area contributed by atoms with E-state index < -0.39 is 17.9 Å². The molecule has 0 saturated heterocycles. The van der Waals surface area contributed by atoms with Crippen molar-refractivity contribution in [2.24, 2.45) is 11.8 Å². The molecule has 60 valence electrons. The summed E-state index contributed by atoms with van der Waals surface area (Å²) in [6, 6.07) is 0. The Morgan fingerprint density at radius 2 is 2.00 bits per heavy atom. The highest BCUT2D eigenvalue weighted by atomic mass is 19.3. The van der Waals surface area contributed by atoms with Crippen LogP contribution in [0, 0.1) is 11.8 Å². The van der Waals surface area contributed by atoms with Gasteiger partial charge in [0.25, 0.3) is 5.92 Å². The number of aliphatic hydroxyl groups is 1. The average molecular weight is 150 g/mol. The van der Waals surface area contributed by atoms with E-state index in [1.165, 1.54) is 0 Å². The van der Waals surface area contributed by atoms with Gasteiger partial charge in [-0.1, -0.05) is 13.8 Å². The molecule has 0 heterocycles. The number of rotatable bonds is 1. The summed E-state index contributed by atoms with van der Waals surface area (Å²) in [4.78, 5) is 0. The van der Waals surface area contributed by atoms with Gasteiger partial charge in [0.05, 0.1) is 12.0 Å². The third-order valence-electron chi connectivity index (χ3n) is 2.10. The second-order valence-electron chi connectivity index (χ2n) is 3.30. The fourth-order valence-electron chi connectivity index (χ4n) is 1.59. The number of hydrogen-bond donors (Lipinski definition) is 1. The maximum Gasteiger partial charge on any atom is 0.256 e. The van der Waals surface area contributed by atoms with Gasteiger partial charge in [-0.05, 0) is 5.92 Å². The average Bonchev–Trinajstić information content (AvgIpc) is 1.58. The molecule has 0 aromatic heterocycles. The molecule has 1 fully saturated rings. The first kappa shape index (κ1) is 7.92. The number of halogens is 2. The van der Waals surface area contributed by atoms with E-state index in [-0.39, 0.29) is 12.3 Å².